The number of hydrogen-bond acceptors (Lipinski definition) is 3. The van der Waals surface area contributed by atoms with E-state index in [9.17, 15) is 9.59 Å². The maximum absolute atomic E-state index is 13.3. The highest BCUT2D eigenvalue weighted by atomic mass is 16.2. The Morgan fingerprint density at radius 3 is 2.45 bits per heavy atom. The number of rotatable bonds is 6. The highest BCUT2D eigenvalue weighted by molar-refractivity contribution is 5.83. The molecule has 2 heterocycles. The Balaban J connectivity index is 1.52. The molecule has 0 N–H and O–H groups in total. The number of aryl methyl sites for hydroxylation is 1. The van der Waals surface area contributed by atoms with Crippen LogP contribution in [0.4, 0.5) is 0 Å². The van der Waals surface area contributed by atoms with Crippen LogP contribution in [0.1, 0.15) is 23.6 Å². The summed E-state index contributed by atoms with van der Waals surface area (Å²) in [6.07, 6.45) is 4.55. The summed E-state index contributed by atoms with van der Waals surface area (Å²) in [5.41, 5.74) is 5.50. The van der Waals surface area contributed by atoms with Gasteiger partial charge < -0.3 is 9.80 Å². The SMILES string of the molecule is CCN1CCN(C(=O)Cc2ccc(C)cc2)CC(Cc2cccc(-c3ccncc3)c2)C1=O. The van der Waals surface area contributed by atoms with Crippen molar-refractivity contribution in [1.29, 1.82) is 0 Å². The molecule has 0 aliphatic carbocycles. The summed E-state index contributed by atoms with van der Waals surface area (Å²) < 4.78 is 0. The van der Waals surface area contributed by atoms with Gasteiger partial charge >= 0.3 is 0 Å². The number of aromatic nitrogens is 1. The van der Waals surface area contributed by atoms with E-state index in [4.69, 9.17) is 0 Å². The van der Waals surface area contributed by atoms with Gasteiger partial charge in [-0.25, -0.2) is 0 Å². The normalized spacial score (nSPS) is 16.5. The molecular formula is C28H31N3O2. The maximum atomic E-state index is 13.3. The van der Waals surface area contributed by atoms with E-state index in [0.29, 0.717) is 39.0 Å². The number of amides is 2. The Labute approximate surface area is 196 Å². The molecule has 33 heavy (non-hydrogen) atoms. The predicted molar refractivity (Wildman–Crippen MR) is 131 cm³/mol. The van der Waals surface area contributed by atoms with Crippen LogP contribution in [-0.2, 0) is 22.4 Å². The van der Waals surface area contributed by atoms with Crippen LogP contribution in [0.3, 0.4) is 0 Å². The van der Waals surface area contributed by atoms with Gasteiger partial charge in [0.15, 0.2) is 0 Å². The largest absolute Gasteiger partial charge is 0.341 e. The molecular weight excluding hydrogens is 410 g/mol. The first-order valence-electron chi connectivity index (χ1n) is 11.6. The van der Waals surface area contributed by atoms with Crippen molar-refractivity contribution < 1.29 is 9.59 Å². The summed E-state index contributed by atoms with van der Waals surface area (Å²) in [7, 11) is 0. The van der Waals surface area contributed by atoms with E-state index in [2.05, 4.69) is 23.2 Å². The van der Waals surface area contributed by atoms with E-state index in [-0.39, 0.29) is 17.7 Å². The fourth-order valence-electron chi connectivity index (χ4n) is 4.44. The van der Waals surface area contributed by atoms with Crippen molar-refractivity contribution in [2.24, 2.45) is 5.92 Å². The van der Waals surface area contributed by atoms with Gasteiger partial charge in [-0.1, -0.05) is 54.1 Å². The van der Waals surface area contributed by atoms with Crippen molar-refractivity contribution in [2.45, 2.75) is 26.7 Å². The lowest BCUT2D eigenvalue weighted by Crippen LogP contribution is -2.38. The Kier molecular flexibility index (Phi) is 7.18. The molecule has 0 radical (unpaired) electrons. The van der Waals surface area contributed by atoms with Gasteiger partial charge in [-0.15, -0.1) is 0 Å². The first-order valence-corrected chi connectivity index (χ1v) is 11.6. The Hall–Kier alpha value is -3.47. The minimum atomic E-state index is -0.248. The summed E-state index contributed by atoms with van der Waals surface area (Å²) in [4.78, 5) is 34.3. The third-order valence-electron chi connectivity index (χ3n) is 6.37. The number of carbonyl (C=O) groups is 2. The van der Waals surface area contributed by atoms with Crippen molar-refractivity contribution >= 4 is 11.8 Å². The summed E-state index contributed by atoms with van der Waals surface area (Å²) >= 11 is 0. The van der Waals surface area contributed by atoms with Crippen molar-refractivity contribution in [1.82, 2.24) is 14.8 Å². The smallest absolute Gasteiger partial charge is 0.227 e. The average molecular weight is 442 g/mol. The molecule has 4 rings (SSSR count). The fraction of sp³-hybridized carbons (Fsp3) is 0.321. The summed E-state index contributed by atoms with van der Waals surface area (Å²) in [5.74, 6) is -0.0281. The Morgan fingerprint density at radius 2 is 1.73 bits per heavy atom. The van der Waals surface area contributed by atoms with Crippen molar-refractivity contribution in [3.8, 4) is 11.1 Å². The van der Waals surface area contributed by atoms with Gasteiger partial charge in [-0.3, -0.25) is 14.6 Å². The van der Waals surface area contributed by atoms with Crippen molar-refractivity contribution in [2.75, 3.05) is 26.2 Å². The van der Waals surface area contributed by atoms with Crippen LogP contribution in [0.5, 0.6) is 0 Å². The van der Waals surface area contributed by atoms with Crippen molar-refractivity contribution in [3.63, 3.8) is 0 Å². The highest BCUT2D eigenvalue weighted by Gasteiger charge is 2.31. The molecule has 1 atom stereocenters. The number of hydrogen-bond donors (Lipinski definition) is 0. The summed E-state index contributed by atoms with van der Waals surface area (Å²) in [5, 5.41) is 0. The van der Waals surface area contributed by atoms with Gasteiger partial charge in [-0.2, -0.15) is 0 Å². The van der Waals surface area contributed by atoms with Crippen LogP contribution in [0.15, 0.2) is 73.1 Å². The van der Waals surface area contributed by atoms with E-state index in [0.717, 1.165) is 22.3 Å². The molecule has 2 amide bonds. The molecule has 0 spiro atoms. The van der Waals surface area contributed by atoms with Crippen LogP contribution < -0.4 is 0 Å². The van der Waals surface area contributed by atoms with Gasteiger partial charge in [0.1, 0.15) is 0 Å². The number of likely N-dealkylation sites (N-methyl/N-ethyl adjacent to an activating group) is 1. The second kappa shape index (κ2) is 10.4. The quantitative estimate of drug-likeness (QED) is 0.578. The molecule has 170 valence electrons. The summed E-state index contributed by atoms with van der Waals surface area (Å²) in [6.45, 7) is 6.33. The third kappa shape index (κ3) is 5.67. The first kappa shape index (κ1) is 22.7. The van der Waals surface area contributed by atoms with Gasteiger partial charge in [0.25, 0.3) is 0 Å². The molecule has 1 aliphatic rings. The van der Waals surface area contributed by atoms with Gasteiger partial charge in [0.05, 0.1) is 12.3 Å². The van der Waals surface area contributed by atoms with Gasteiger partial charge in [0, 0.05) is 38.6 Å². The molecule has 2 aromatic carbocycles. The molecule has 1 saturated heterocycles. The number of benzene rings is 2. The zero-order valence-electron chi connectivity index (χ0n) is 19.4. The van der Waals surface area contributed by atoms with Crippen molar-refractivity contribution in [3.05, 3.63) is 89.7 Å². The Morgan fingerprint density at radius 1 is 0.970 bits per heavy atom. The third-order valence-corrected chi connectivity index (χ3v) is 6.37. The molecule has 1 unspecified atom stereocenters. The van der Waals surface area contributed by atoms with E-state index < -0.39 is 0 Å². The minimum absolute atomic E-state index is 0.0835. The standard InChI is InChI=1S/C28H31N3O2/c1-3-30-15-16-31(27(32)19-22-9-7-21(2)8-10-22)20-26(28(30)33)18-23-5-4-6-25(17-23)24-11-13-29-14-12-24/h4-14,17,26H,3,15-16,18-20H2,1-2H3. The van der Waals surface area contributed by atoms with E-state index >= 15 is 0 Å². The molecule has 1 fully saturated rings. The fourth-order valence-corrected chi connectivity index (χ4v) is 4.44. The summed E-state index contributed by atoms with van der Waals surface area (Å²) in [6, 6.07) is 20.4. The second-order valence-corrected chi connectivity index (χ2v) is 8.76. The van der Waals surface area contributed by atoms with Crippen LogP contribution in [0.25, 0.3) is 11.1 Å². The molecule has 1 aliphatic heterocycles. The molecule has 3 aromatic rings. The number of nitrogens with zero attached hydrogens (tertiary/aromatic N) is 3. The lowest BCUT2D eigenvalue weighted by molar-refractivity contribution is -0.134. The van der Waals surface area contributed by atoms with Crippen LogP contribution in [-0.4, -0.2) is 52.8 Å². The number of pyridine rings is 1. The molecule has 5 heteroatoms. The Bertz CT molecular complexity index is 1100. The second-order valence-electron chi connectivity index (χ2n) is 8.76. The zero-order chi connectivity index (χ0) is 23.2. The predicted octanol–water partition coefficient (Wildman–Crippen LogP) is 4.15. The minimum Gasteiger partial charge on any atom is -0.341 e. The maximum Gasteiger partial charge on any atom is 0.227 e. The van der Waals surface area contributed by atoms with Crippen LogP contribution in [0.2, 0.25) is 0 Å². The van der Waals surface area contributed by atoms with Gasteiger partial charge in [-0.05, 0) is 54.7 Å². The molecule has 0 bridgehead atoms. The molecule has 0 saturated carbocycles. The van der Waals surface area contributed by atoms with E-state index in [1.54, 1.807) is 12.4 Å². The zero-order valence-corrected chi connectivity index (χ0v) is 19.4. The van der Waals surface area contributed by atoms with Gasteiger partial charge in [0.2, 0.25) is 11.8 Å². The lowest BCUT2D eigenvalue weighted by Gasteiger charge is -2.24. The first-order chi connectivity index (χ1) is 16.0. The monoisotopic (exact) mass is 441 g/mol. The van der Waals surface area contributed by atoms with E-state index in [1.165, 1.54) is 5.56 Å². The number of carbonyl (C=O) groups excluding carboxylic acids is 2. The van der Waals surface area contributed by atoms with Crippen LogP contribution in [0, 0.1) is 12.8 Å². The topological polar surface area (TPSA) is 53.5 Å². The highest BCUT2D eigenvalue weighted by Crippen LogP contribution is 2.23. The lowest BCUT2D eigenvalue weighted by atomic mass is 9.95. The van der Waals surface area contributed by atoms with E-state index in [1.807, 2.05) is 66.1 Å². The molecule has 1 aromatic heterocycles. The van der Waals surface area contributed by atoms with Crippen LogP contribution >= 0.6 is 0 Å². The average Bonchev–Trinajstić information content (AvgIpc) is 3.00. The molecule has 5 nitrogen and oxygen atoms in total.